The molecule has 0 radical (unpaired) electrons. The first-order chi connectivity index (χ1) is 16.2. The number of hydrazine groups is 2. The molecule has 2 heterocycles. The fraction of sp³-hybridized carbons (Fsp3) is 0.182. The first-order valence-corrected chi connectivity index (χ1v) is 9.92. The lowest BCUT2D eigenvalue weighted by Gasteiger charge is -2.37. The number of amides is 1. The lowest BCUT2D eigenvalue weighted by molar-refractivity contribution is -0.274. The van der Waals surface area contributed by atoms with Gasteiger partial charge in [-0.05, 0) is 41.5 Å². The van der Waals surface area contributed by atoms with Gasteiger partial charge < -0.3 is 14.9 Å². The van der Waals surface area contributed by atoms with E-state index in [1.54, 1.807) is 25.2 Å². The van der Waals surface area contributed by atoms with E-state index in [1.807, 2.05) is 6.07 Å². The molecule has 9 nitrogen and oxygen atoms in total. The lowest BCUT2D eigenvalue weighted by Crippen LogP contribution is -2.52. The van der Waals surface area contributed by atoms with Gasteiger partial charge in [-0.1, -0.05) is 18.2 Å². The Morgan fingerprint density at radius 3 is 2.56 bits per heavy atom. The predicted octanol–water partition coefficient (Wildman–Crippen LogP) is 3.62. The van der Waals surface area contributed by atoms with E-state index in [0.717, 1.165) is 0 Å². The van der Waals surface area contributed by atoms with Gasteiger partial charge in [-0.25, -0.2) is 4.98 Å². The van der Waals surface area contributed by atoms with Gasteiger partial charge >= 0.3 is 12.4 Å². The van der Waals surface area contributed by atoms with Crippen LogP contribution in [0.3, 0.4) is 0 Å². The van der Waals surface area contributed by atoms with Gasteiger partial charge in [0.1, 0.15) is 24.1 Å². The molecule has 0 saturated carbocycles. The average Bonchev–Trinajstić information content (AvgIpc) is 2.81. The predicted molar refractivity (Wildman–Crippen MR) is 113 cm³/mol. The fourth-order valence-corrected chi connectivity index (χ4v) is 3.30. The van der Waals surface area contributed by atoms with Crippen LogP contribution in [0.1, 0.15) is 16.1 Å². The Kier molecular flexibility index (Phi) is 6.20. The van der Waals surface area contributed by atoms with E-state index in [9.17, 15) is 18.0 Å². The number of nitrogens with zero attached hydrogens (tertiary/aromatic N) is 5. The number of rotatable bonds is 6. The molecule has 0 saturated heterocycles. The molecule has 174 valence electrons. The third kappa shape index (κ3) is 5.16. The van der Waals surface area contributed by atoms with E-state index in [1.165, 1.54) is 46.7 Å². The van der Waals surface area contributed by atoms with Crippen molar-refractivity contribution in [3.8, 4) is 29.0 Å². The smallest absolute Gasteiger partial charge is 0.461 e. The van der Waals surface area contributed by atoms with Crippen LogP contribution >= 0.6 is 0 Å². The molecule has 1 aromatic heterocycles. The van der Waals surface area contributed by atoms with Crippen molar-refractivity contribution in [3.05, 3.63) is 66.0 Å². The maximum Gasteiger partial charge on any atom is 0.573 e. The third-order valence-corrected chi connectivity index (χ3v) is 4.83. The summed E-state index contributed by atoms with van der Waals surface area (Å²) >= 11 is 0. The Labute approximate surface area is 191 Å². The zero-order valence-electron chi connectivity index (χ0n) is 17.7. The highest BCUT2D eigenvalue weighted by atomic mass is 19.4. The molecule has 0 fully saturated rings. The summed E-state index contributed by atoms with van der Waals surface area (Å²) in [6, 6.07) is 13.9. The van der Waals surface area contributed by atoms with Crippen molar-refractivity contribution in [2.45, 2.75) is 6.36 Å². The summed E-state index contributed by atoms with van der Waals surface area (Å²) in [5.41, 5.74) is 5.48. The molecule has 4 rings (SSSR count). The molecule has 1 aliphatic heterocycles. The zero-order valence-corrected chi connectivity index (χ0v) is 17.7. The number of nitriles is 1. The van der Waals surface area contributed by atoms with Crippen molar-refractivity contribution >= 4 is 11.6 Å². The largest absolute Gasteiger partial charge is 0.573 e. The van der Waals surface area contributed by atoms with Crippen molar-refractivity contribution in [1.82, 2.24) is 20.1 Å². The summed E-state index contributed by atoms with van der Waals surface area (Å²) in [6.45, 7) is 0.234. The Hall–Kier alpha value is -4.37. The summed E-state index contributed by atoms with van der Waals surface area (Å²) in [5, 5.41) is 11.8. The normalized spacial score (nSPS) is 13.6. The number of carbonyl (C=O) groups is 1. The van der Waals surface area contributed by atoms with Crippen LogP contribution in [-0.4, -0.2) is 52.6 Å². The van der Waals surface area contributed by atoms with Gasteiger partial charge in [0.25, 0.3) is 5.91 Å². The van der Waals surface area contributed by atoms with E-state index in [0.29, 0.717) is 22.4 Å². The van der Waals surface area contributed by atoms with Crippen molar-refractivity contribution < 1.29 is 27.4 Å². The van der Waals surface area contributed by atoms with Gasteiger partial charge in [0.2, 0.25) is 0 Å². The number of benzene rings is 2. The van der Waals surface area contributed by atoms with Gasteiger partial charge in [0.05, 0.1) is 17.8 Å². The summed E-state index contributed by atoms with van der Waals surface area (Å²) in [4.78, 5) is 21.0. The van der Waals surface area contributed by atoms with Gasteiger partial charge in [0.15, 0.2) is 0 Å². The van der Waals surface area contributed by atoms with Crippen LogP contribution in [0.4, 0.5) is 18.9 Å². The summed E-state index contributed by atoms with van der Waals surface area (Å²) in [5.74, 6) is -0.630. The first-order valence-electron chi connectivity index (χ1n) is 9.92. The number of fused-ring (bicyclic) bond motifs is 1. The molecule has 0 bridgehead atoms. The van der Waals surface area contributed by atoms with E-state index in [4.69, 9.17) is 10.00 Å². The number of aromatic nitrogens is 2. The summed E-state index contributed by atoms with van der Waals surface area (Å²) in [7, 11) is 1.67. The highest BCUT2D eigenvalue weighted by Gasteiger charge is 2.31. The minimum absolute atomic E-state index is 0.0276. The fourth-order valence-electron chi connectivity index (χ4n) is 3.30. The van der Waals surface area contributed by atoms with Crippen LogP contribution in [0.2, 0.25) is 0 Å². The second-order valence-electron chi connectivity index (χ2n) is 7.08. The van der Waals surface area contributed by atoms with Crippen LogP contribution < -0.4 is 14.9 Å². The number of hydrogen-bond acceptors (Lipinski definition) is 8. The molecule has 1 aliphatic rings. The van der Waals surface area contributed by atoms with E-state index >= 15 is 0 Å². The Morgan fingerprint density at radius 1 is 1.12 bits per heavy atom. The maximum absolute atomic E-state index is 13.1. The molecule has 34 heavy (non-hydrogen) atoms. The second kappa shape index (κ2) is 9.24. The molecule has 12 heteroatoms. The van der Waals surface area contributed by atoms with Crippen molar-refractivity contribution in [3.63, 3.8) is 0 Å². The summed E-state index contributed by atoms with van der Waals surface area (Å²) < 4.78 is 46.5. The SMILES string of the molecule is CN1Nc2ccc(-c3ccc(OC(F)(F)F)cc3)cc2C(=O)N1CCOc1nccc(C#N)n1. The molecule has 3 aromatic rings. The second-order valence-corrected chi connectivity index (χ2v) is 7.08. The molecule has 2 aromatic carbocycles. The zero-order chi connectivity index (χ0) is 24.3. The standard InChI is InChI=1S/C22H17F3N6O3/c1-30-29-19-7-4-15(14-2-5-17(6-3-14)34-22(23,24)25)12-18(19)20(32)31(30)10-11-33-21-27-9-8-16(13-26)28-21/h2-9,12,29H,10-11H2,1H3. The molecule has 0 atom stereocenters. The number of hydrogen-bond donors (Lipinski definition) is 1. The van der Waals surface area contributed by atoms with Crippen molar-refractivity contribution in [1.29, 1.82) is 5.26 Å². The highest BCUT2D eigenvalue weighted by molar-refractivity contribution is 6.01. The number of carbonyl (C=O) groups excluding carboxylic acids is 1. The first kappa shape index (κ1) is 22.8. The highest BCUT2D eigenvalue weighted by Crippen LogP contribution is 2.31. The van der Waals surface area contributed by atoms with Crippen molar-refractivity contribution in [2.75, 3.05) is 25.6 Å². The molecular formula is C22H17F3N6O3. The van der Waals surface area contributed by atoms with Crippen LogP contribution in [0.15, 0.2) is 54.7 Å². The quantitative estimate of drug-likeness (QED) is 0.583. The summed E-state index contributed by atoms with van der Waals surface area (Å²) in [6.07, 6.45) is -3.37. The molecular weight excluding hydrogens is 453 g/mol. The van der Waals surface area contributed by atoms with E-state index in [-0.39, 0.29) is 36.5 Å². The number of ether oxygens (including phenoxy) is 2. The van der Waals surface area contributed by atoms with Crippen molar-refractivity contribution in [2.24, 2.45) is 0 Å². The van der Waals surface area contributed by atoms with E-state index in [2.05, 4.69) is 20.1 Å². The Bertz CT molecular complexity index is 1240. The average molecular weight is 470 g/mol. The number of alkyl halides is 3. The Morgan fingerprint density at radius 2 is 1.85 bits per heavy atom. The monoisotopic (exact) mass is 470 g/mol. The van der Waals surface area contributed by atoms with Gasteiger partial charge in [-0.3, -0.25) is 9.80 Å². The topological polar surface area (TPSA) is 104 Å². The van der Waals surface area contributed by atoms with E-state index < -0.39 is 6.36 Å². The third-order valence-electron chi connectivity index (χ3n) is 4.83. The van der Waals surface area contributed by atoms with Gasteiger partial charge in [0, 0.05) is 13.2 Å². The van der Waals surface area contributed by atoms with Crippen LogP contribution in [0.5, 0.6) is 11.8 Å². The molecule has 0 aliphatic carbocycles. The Balaban J connectivity index is 1.47. The number of halogens is 3. The number of nitrogens with one attached hydrogen (secondary N) is 1. The van der Waals surface area contributed by atoms with Gasteiger partial charge in [-0.15, -0.1) is 18.3 Å². The van der Waals surface area contributed by atoms with Crippen LogP contribution in [0.25, 0.3) is 11.1 Å². The molecule has 1 amide bonds. The van der Waals surface area contributed by atoms with Gasteiger partial charge in [-0.2, -0.15) is 10.2 Å². The molecule has 0 unspecified atom stereocenters. The van der Waals surface area contributed by atoms with Crippen LogP contribution in [0, 0.1) is 11.3 Å². The maximum atomic E-state index is 13.1. The minimum Gasteiger partial charge on any atom is -0.461 e. The molecule has 0 spiro atoms. The minimum atomic E-state index is -4.77. The lowest BCUT2D eigenvalue weighted by atomic mass is 10.0. The molecule has 1 N–H and O–H groups in total. The van der Waals surface area contributed by atoms with Crippen LogP contribution in [-0.2, 0) is 0 Å². The number of anilines is 1.